The van der Waals surface area contributed by atoms with Crippen molar-refractivity contribution in [1.82, 2.24) is 0 Å². The number of benzene rings is 1. The first-order valence-corrected chi connectivity index (χ1v) is 4.33. The normalized spacial score (nSPS) is 11.6. The van der Waals surface area contributed by atoms with E-state index in [1.165, 1.54) is 17.5 Å². The molecule has 3 N–H and O–H groups in total. The molecule has 0 saturated carbocycles. The molecule has 2 rings (SSSR count). The van der Waals surface area contributed by atoms with Gasteiger partial charge in [0.1, 0.15) is 0 Å². The summed E-state index contributed by atoms with van der Waals surface area (Å²) in [7, 11) is -2.62. The summed E-state index contributed by atoms with van der Waals surface area (Å²) in [5, 5.41) is 0. The summed E-state index contributed by atoms with van der Waals surface area (Å²) < 4.78 is 0. The predicted octanol–water partition coefficient (Wildman–Crippen LogP) is 0.781. The van der Waals surface area contributed by atoms with Gasteiger partial charge < -0.3 is 14.7 Å². The van der Waals surface area contributed by atoms with Gasteiger partial charge in [0.15, 0.2) is 0 Å². The molecule has 0 bridgehead atoms. The van der Waals surface area contributed by atoms with Crippen molar-refractivity contribution in [1.29, 1.82) is 0 Å². The Morgan fingerprint density at radius 2 is 1.36 bits per heavy atom. The Morgan fingerprint density at radius 1 is 1.00 bits per heavy atom. The Labute approximate surface area is 65.9 Å². The van der Waals surface area contributed by atoms with Crippen LogP contribution in [0.1, 0.15) is 11.1 Å². The largest absolute Gasteiger partial charge is 0.328 e. The number of hydrogen-bond donors (Lipinski definition) is 3. The molecule has 0 heterocycles. The summed E-state index contributed by atoms with van der Waals surface area (Å²) in [6.07, 6.45) is 1.24. The minimum atomic E-state index is -2.62. The summed E-state index contributed by atoms with van der Waals surface area (Å²) in [4.78, 5) is 21.7. The first-order valence-electron chi connectivity index (χ1n) is 3.13. The third-order valence-electron chi connectivity index (χ3n) is 1.37. The lowest BCUT2D eigenvalue weighted by Gasteiger charge is -1.76. The van der Waals surface area contributed by atoms with Crippen LogP contribution in [0.15, 0.2) is 24.3 Å². The second-order valence-corrected chi connectivity index (χ2v) is 2.75. The van der Waals surface area contributed by atoms with Crippen LogP contribution in [0.25, 0.3) is 0 Å². The number of rotatable bonds is 0. The van der Waals surface area contributed by atoms with Gasteiger partial charge in [0.05, 0.1) is 0 Å². The topological polar surface area (TPSA) is 60.7 Å². The Balaban J connectivity index is 0.000000134. The van der Waals surface area contributed by atoms with Crippen LogP contribution in [0.3, 0.4) is 0 Å². The van der Waals surface area contributed by atoms with Crippen molar-refractivity contribution in [2.24, 2.45) is 0 Å². The monoisotopic (exact) mass is 172 g/mol. The van der Waals surface area contributed by atoms with Gasteiger partial charge in [-0.25, -0.2) is 0 Å². The van der Waals surface area contributed by atoms with Gasteiger partial charge in [0.25, 0.3) is 0 Å². The highest BCUT2D eigenvalue weighted by atomic mass is 31.2. The third kappa shape index (κ3) is 3.44. The lowest BCUT2D eigenvalue weighted by Crippen LogP contribution is -1.54. The van der Waals surface area contributed by atoms with Gasteiger partial charge in [-0.3, -0.25) is 0 Å². The summed E-state index contributed by atoms with van der Waals surface area (Å²) in [5.74, 6) is 0. The molecule has 4 heteroatoms. The fraction of sp³-hybridized carbons (Fsp3) is 0.143. The van der Waals surface area contributed by atoms with Gasteiger partial charge in [-0.05, 0) is 17.5 Å². The first-order chi connectivity index (χ1) is 5.20. The van der Waals surface area contributed by atoms with Crippen LogP contribution in [0.5, 0.6) is 0 Å². The molecule has 0 fully saturated rings. The Kier molecular flexibility index (Phi) is 2.97. The molecule has 1 aliphatic carbocycles. The van der Waals surface area contributed by atoms with E-state index in [9.17, 15) is 0 Å². The molecule has 0 amide bonds. The Morgan fingerprint density at radius 3 is 1.64 bits per heavy atom. The second-order valence-electron chi connectivity index (χ2n) is 2.21. The molecule has 0 aromatic heterocycles. The zero-order chi connectivity index (χ0) is 8.27. The van der Waals surface area contributed by atoms with Gasteiger partial charge in [0, 0.05) is 0 Å². The van der Waals surface area contributed by atoms with E-state index in [1.807, 2.05) is 0 Å². The van der Waals surface area contributed by atoms with Crippen molar-refractivity contribution >= 4 is 8.60 Å². The van der Waals surface area contributed by atoms with Crippen molar-refractivity contribution in [3.63, 3.8) is 0 Å². The van der Waals surface area contributed by atoms with Crippen LogP contribution >= 0.6 is 8.60 Å². The molecule has 0 atom stereocenters. The van der Waals surface area contributed by atoms with Crippen LogP contribution in [-0.4, -0.2) is 14.7 Å². The highest BCUT2D eigenvalue weighted by molar-refractivity contribution is 7.38. The average Bonchev–Trinajstić information content (AvgIpc) is 2.62. The lowest BCUT2D eigenvalue weighted by atomic mass is 10.4. The fourth-order valence-electron chi connectivity index (χ4n) is 0.836. The summed E-state index contributed by atoms with van der Waals surface area (Å²) >= 11 is 0. The fourth-order valence-corrected chi connectivity index (χ4v) is 0.836. The van der Waals surface area contributed by atoms with Crippen molar-refractivity contribution in [2.45, 2.75) is 6.42 Å². The molecule has 0 saturated heterocycles. The highest BCUT2D eigenvalue weighted by Crippen LogP contribution is 2.25. The average molecular weight is 172 g/mol. The van der Waals surface area contributed by atoms with Crippen LogP contribution < -0.4 is 0 Å². The van der Waals surface area contributed by atoms with E-state index in [4.69, 9.17) is 14.7 Å². The van der Waals surface area contributed by atoms with E-state index in [2.05, 4.69) is 24.3 Å². The van der Waals surface area contributed by atoms with E-state index >= 15 is 0 Å². The van der Waals surface area contributed by atoms with E-state index in [0.717, 1.165) is 0 Å². The zero-order valence-electron chi connectivity index (χ0n) is 5.81. The predicted molar refractivity (Wildman–Crippen MR) is 42.8 cm³/mol. The maximum atomic E-state index is 7.23. The molecule has 0 spiro atoms. The van der Waals surface area contributed by atoms with Crippen molar-refractivity contribution < 1.29 is 14.7 Å². The third-order valence-corrected chi connectivity index (χ3v) is 1.37. The molecule has 0 unspecified atom stereocenters. The first kappa shape index (κ1) is 8.62. The summed E-state index contributed by atoms with van der Waals surface area (Å²) in [5.41, 5.74) is 3.06. The van der Waals surface area contributed by atoms with Crippen molar-refractivity contribution in [3.05, 3.63) is 35.4 Å². The second kappa shape index (κ2) is 3.79. The molecule has 1 aromatic carbocycles. The summed E-state index contributed by atoms with van der Waals surface area (Å²) in [6.45, 7) is 0. The van der Waals surface area contributed by atoms with Crippen molar-refractivity contribution in [3.8, 4) is 0 Å². The standard InChI is InChI=1S/C7H6.H3O3P/c1-2-4-7-5-6(7)3-1;1-4(2)3/h1-4H,5H2;1-3H. The lowest BCUT2D eigenvalue weighted by molar-refractivity contribution is 0.368. The molecular weight excluding hydrogens is 163 g/mol. The van der Waals surface area contributed by atoms with Crippen molar-refractivity contribution in [2.75, 3.05) is 0 Å². The zero-order valence-corrected chi connectivity index (χ0v) is 6.70. The van der Waals surface area contributed by atoms with Crippen LogP contribution in [0.4, 0.5) is 0 Å². The minimum Gasteiger partial charge on any atom is -0.328 e. The minimum absolute atomic E-state index is 1.24. The molecule has 0 radical (unpaired) electrons. The van der Waals surface area contributed by atoms with E-state index in [0.29, 0.717) is 0 Å². The Bertz CT molecular complexity index is 213. The SMILES string of the molecule is OP(O)O.c1ccc2c(c1)C2. The van der Waals surface area contributed by atoms with Crippen LogP contribution in [0.2, 0.25) is 0 Å². The quantitative estimate of drug-likeness (QED) is 0.514. The van der Waals surface area contributed by atoms with E-state index in [1.54, 1.807) is 0 Å². The van der Waals surface area contributed by atoms with Gasteiger partial charge in [-0.1, -0.05) is 24.3 Å². The molecule has 1 aliphatic rings. The molecule has 60 valence electrons. The molecule has 3 nitrogen and oxygen atoms in total. The van der Waals surface area contributed by atoms with Gasteiger partial charge in [-0.15, -0.1) is 0 Å². The molecule has 1 aromatic rings. The van der Waals surface area contributed by atoms with Gasteiger partial charge in [-0.2, -0.15) is 0 Å². The van der Waals surface area contributed by atoms with Gasteiger partial charge in [0.2, 0.25) is 0 Å². The maximum Gasteiger partial charge on any atom is 0.324 e. The number of fused-ring (bicyclic) bond motifs is 1. The maximum absolute atomic E-state index is 7.23. The summed E-state index contributed by atoms with van der Waals surface area (Å²) in [6, 6.07) is 8.53. The van der Waals surface area contributed by atoms with E-state index < -0.39 is 8.60 Å². The molecule has 11 heavy (non-hydrogen) atoms. The van der Waals surface area contributed by atoms with Gasteiger partial charge >= 0.3 is 8.60 Å². The van der Waals surface area contributed by atoms with Crippen LogP contribution in [-0.2, 0) is 6.42 Å². The molecule has 0 aliphatic heterocycles. The Hall–Kier alpha value is -0.470. The highest BCUT2D eigenvalue weighted by Gasteiger charge is 2.12. The molecular formula is C7H9O3P. The number of hydrogen-bond acceptors (Lipinski definition) is 3. The van der Waals surface area contributed by atoms with E-state index in [-0.39, 0.29) is 0 Å². The smallest absolute Gasteiger partial charge is 0.324 e. The van der Waals surface area contributed by atoms with Crippen LogP contribution in [0, 0.1) is 0 Å².